The average Bonchev–Trinajstić information content (AvgIpc) is 2.27. The van der Waals surface area contributed by atoms with Crippen LogP contribution in [0.15, 0.2) is 42.5 Å². The highest BCUT2D eigenvalue weighted by Gasteiger charge is 2.08. The van der Waals surface area contributed by atoms with Gasteiger partial charge in [-0.2, -0.15) is 10.2 Å². The molecule has 1 atom stereocenters. The van der Waals surface area contributed by atoms with Gasteiger partial charge in [-0.3, -0.25) is 0 Å². The van der Waals surface area contributed by atoms with E-state index in [9.17, 15) is 5.21 Å². The summed E-state index contributed by atoms with van der Waals surface area (Å²) in [5, 5.41) is 22.1. The smallest absolute Gasteiger partial charge is 0.0993 e. The average molecular weight is 204 g/mol. The van der Waals surface area contributed by atoms with E-state index in [0.29, 0.717) is 5.69 Å². The summed E-state index contributed by atoms with van der Waals surface area (Å²) in [6, 6.07) is 13.4. The second-order valence-corrected chi connectivity index (χ2v) is 3.34. The number of hydrogen-bond donors (Lipinski definition) is 2. The van der Waals surface area contributed by atoms with Crippen LogP contribution in [0.1, 0.15) is 0 Å². The molecule has 78 valence electrons. The van der Waals surface area contributed by atoms with Crippen LogP contribution in [0.25, 0.3) is 10.8 Å². The van der Waals surface area contributed by atoms with Gasteiger partial charge in [-0.1, -0.05) is 36.4 Å². The molecule has 0 radical (unpaired) electrons. The first kappa shape index (κ1) is 9.92. The molecule has 2 aromatic rings. The lowest BCUT2D eigenvalue weighted by Gasteiger charge is -2.25. The zero-order valence-corrected chi connectivity index (χ0v) is 8.34. The molecule has 2 N–H and O–H groups in total. The predicted molar refractivity (Wildman–Crippen MR) is 58.5 cm³/mol. The number of nitrogens with one attached hydrogen (secondary N) is 1. The summed E-state index contributed by atoms with van der Waals surface area (Å²) in [4.78, 5) is 0. The highest BCUT2D eigenvalue weighted by molar-refractivity contribution is 5.93. The Morgan fingerprint density at radius 2 is 1.80 bits per heavy atom. The van der Waals surface area contributed by atoms with Gasteiger partial charge in [0.2, 0.25) is 0 Å². The predicted octanol–water partition coefficient (Wildman–Crippen LogP) is 0.963. The van der Waals surface area contributed by atoms with E-state index in [-0.39, 0.29) is 0 Å². The molecule has 2 aromatic carbocycles. The SMILES string of the molecule is CN(c1cccc2ccccc12)[NH+]([O-])O. The van der Waals surface area contributed by atoms with Gasteiger partial charge in [-0.15, -0.1) is 5.34 Å². The fourth-order valence-corrected chi connectivity index (χ4v) is 1.60. The monoisotopic (exact) mass is 204 g/mol. The molecule has 0 heterocycles. The van der Waals surface area contributed by atoms with E-state index in [4.69, 9.17) is 5.21 Å². The Balaban J connectivity index is 2.60. The van der Waals surface area contributed by atoms with Crippen LogP contribution in [0.4, 0.5) is 5.69 Å². The zero-order chi connectivity index (χ0) is 10.8. The molecule has 1 unspecified atom stereocenters. The first-order valence-electron chi connectivity index (χ1n) is 4.64. The quantitative estimate of drug-likeness (QED) is 0.716. The second-order valence-electron chi connectivity index (χ2n) is 3.34. The third-order valence-electron chi connectivity index (χ3n) is 2.41. The van der Waals surface area contributed by atoms with Crippen molar-refractivity contribution in [2.24, 2.45) is 0 Å². The molecule has 0 bridgehead atoms. The lowest BCUT2D eigenvalue weighted by molar-refractivity contribution is -1.05. The van der Waals surface area contributed by atoms with Gasteiger partial charge >= 0.3 is 0 Å². The molecule has 0 saturated heterocycles. The van der Waals surface area contributed by atoms with Crippen molar-refractivity contribution < 1.29 is 10.5 Å². The third kappa shape index (κ3) is 1.78. The molecule has 0 aliphatic heterocycles. The highest BCUT2D eigenvalue weighted by atomic mass is 16.8. The van der Waals surface area contributed by atoms with Crippen LogP contribution in [0.2, 0.25) is 0 Å². The number of quaternary nitrogens is 1. The molecular weight excluding hydrogens is 192 g/mol. The molecule has 2 rings (SSSR count). The van der Waals surface area contributed by atoms with Gasteiger partial charge in [0.25, 0.3) is 0 Å². The number of hydrogen-bond acceptors (Lipinski definition) is 3. The van der Waals surface area contributed by atoms with Crippen LogP contribution < -0.4 is 10.3 Å². The van der Waals surface area contributed by atoms with Gasteiger partial charge < -0.3 is 5.21 Å². The molecule has 0 aliphatic rings. The van der Waals surface area contributed by atoms with Crippen molar-refractivity contribution in [3.63, 3.8) is 0 Å². The molecule has 0 aromatic heterocycles. The fourth-order valence-electron chi connectivity index (χ4n) is 1.60. The second kappa shape index (κ2) is 3.86. The maximum absolute atomic E-state index is 10.9. The van der Waals surface area contributed by atoms with Crippen LogP contribution in [0.5, 0.6) is 0 Å². The normalized spacial score (nSPS) is 12.7. The van der Waals surface area contributed by atoms with Crippen LogP contribution in [-0.2, 0) is 0 Å². The van der Waals surface area contributed by atoms with Crippen molar-refractivity contribution in [3.05, 3.63) is 47.7 Å². The minimum atomic E-state index is -0.952. The lowest BCUT2D eigenvalue weighted by Crippen LogP contribution is -3.12. The minimum absolute atomic E-state index is 0.709. The van der Waals surface area contributed by atoms with Crippen molar-refractivity contribution in [1.82, 2.24) is 0 Å². The molecule has 0 saturated carbocycles. The van der Waals surface area contributed by atoms with Crippen LogP contribution in [-0.4, -0.2) is 12.3 Å². The Morgan fingerprint density at radius 1 is 1.13 bits per heavy atom. The van der Waals surface area contributed by atoms with Crippen molar-refractivity contribution >= 4 is 16.5 Å². The molecule has 0 amide bonds. The van der Waals surface area contributed by atoms with Crippen LogP contribution in [0, 0.1) is 5.21 Å². The van der Waals surface area contributed by atoms with E-state index in [1.54, 1.807) is 13.1 Å². The van der Waals surface area contributed by atoms with E-state index in [1.165, 1.54) is 5.01 Å². The Morgan fingerprint density at radius 3 is 2.53 bits per heavy atom. The maximum Gasteiger partial charge on any atom is 0.0993 e. The Labute approximate surface area is 87.5 Å². The van der Waals surface area contributed by atoms with Gasteiger partial charge in [0.15, 0.2) is 0 Å². The van der Waals surface area contributed by atoms with Gasteiger partial charge in [-0.05, 0) is 11.5 Å². The van der Waals surface area contributed by atoms with E-state index >= 15 is 0 Å². The van der Waals surface area contributed by atoms with E-state index < -0.39 is 5.34 Å². The summed E-state index contributed by atoms with van der Waals surface area (Å²) in [5.41, 5.74) is 0.709. The van der Waals surface area contributed by atoms with Crippen LogP contribution in [0.3, 0.4) is 0 Å². The number of benzene rings is 2. The van der Waals surface area contributed by atoms with Gasteiger partial charge in [0, 0.05) is 5.39 Å². The minimum Gasteiger partial charge on any atom is -0.574 e. The Bertz CT molecular complexity index is 466. The Hall–Kier alpha value is -1.62. The Kier molecular flexibility index (Phi) is 2.55. The summed E-state index contributed by atoms with van der Waals surface area (Å²) in [7, 11) is 1.55. The summed E-state index contributed by atoms with van der Waals surface area (Å²) in [6.07, 6.45) is 0. The van der Waals surface area contributed by atoms with Crippen molar-refractivity contribution in [3.8, 4) is 0 Å². The fraction of sp³-hybridized carbons (Fsp3) is 0.0909. The molecule has 15 heavy (non-hydrogen) atoms. The number of fused-ring (bicyclic) bond motifs is 1. The van der Waals surface area contributed by atoms with Crippen molar-refractivity contribution in [2.75, 3.05) is 12.1 Å². The number of rotatable bonds is 2. The zero-order valence-electron chi connectivity index (χ0n) is 8.34. The van der Waals surface area contributed by atoms with Gasteiger partial charge in [0.1, 0.15) is 0 Å². The standard InChI is InChI=1S/C11H12N2O2/c1-12(13(14)15)11-8-4-6-9-5-2-3-7-10(9)11/h2-8,13-14H,1H3. The van der Waals surface area contributed by atoms with E-state index in [0.717, 1.165) is 10.8 Å². The summed E-state index contributed by atoms with van der Waals surface area (Å²) < 4.78 is 0. The largest absolute Gasteiger partial charge is 0.574 e. The van der Waals surface area contributed by atoms with Gasteiger partial charge in [-0.25, -0.2) is 0 Å². The van der Waals surface area contributed by atoms with Crippen molar-refractivity contribution in [1.29, 1.82) is 0 Å². The third-order valence-corrected chi connectivity index (χ3v) is 2.41. The summed E-state index contributed by atoms with van der Waals surface area (Å²) >= 11 is 0. The topological polar surface area (TPSA) is 51.0 Å². The van der Waals surface area contributed by atoms with Crippen molar-refractivity contribution in [2.45, 2.75) is 0 Å². The first-order chi connectivity index (χ1) is 7.20. The molecule has 4 nitrogen and oxygen atoms in total. The van der Waals surface area contributed by atoms with E-state index in [1.807, 2.05) is 36.4 Å². The van der Waals surface area contributed by atoms with E-state index in [2.05, 4.69) is 0 Å². The first-order valence-corrected chi connectivity index (χ1v) is 4.64. The molecule has 4 heteroatoms. The number of nitrogens with zero attached hydrogens (tertiary/aromatic N) is 1. The molecule has 0 fully saturated rings. The van der Waals surface area contributed by atoms with Gasteiger partial charge in [0.05, 0.1) is 12.7 Å². The van der Waals surface area contributed by atoms with Crippen LogP contribution >= 0.6 is 0 Å². The number of anilines is 1. The molecular formula is C11H12N2O2. The molecule has 0 spiro atoms. The highest BCUT2D eigenvalue weighted by Crippen LogP contribution is 2.23. The lowest BCUT2D eigenvalue weighted by atomic mass is 10.1. The molecule has 0 aliphatic carbocycles. The maximum atomic E-state index is 10.9. The summed E-state index contributed by atoms with van der Waals surface area (Å²) in [6.45, 7) is 0. The summed E-state index contributed by atoms with van der Waals surface area (Å²) in [5.74, 6) is 0.